The number of benzene rings is 1. The molecule has 0 unspecified atom stereocenters. The predicted molar refractivity (Wildman–Crippen MR) is 139 cm³/mol. The molecule has 0 spiro atoms. The van der Waals surface area contributed by atoms with Crippen molar-refractivity contribution >= 4 is 17.4 Å². The molecule has 4 rings (SSSR count). The maximum atomic E-state index is 12.8. The minimum Gasteiger partial charge on any atom is -0.506 e. The maximum Gasteiger partial charge on any atom is 0.573 e. The zero-order valence-electron chi connectivity index (χ0n) is 22.2. The van der Waals surface area contributed by atoms with E-state index in [1.54, 1.807) is 9.80 Å². The zero-order valence-corrected chi connectivity index (χ0v) is 22.2. The summed E-state index contributed by atoms with van der Waals surface area (Å²) >= 11 is 0. The average Bonchev–Trinajstić information content (AvgIpc) is 2.87. The summed E-state index contributed by atoms with van der Waals surface area (Å²) in [7, 11) is 3.87. The van der Waals surface area contributed by atoms with Gasteiger partial charge < -0.3 is 34.2 Å². The predicted octanol–water partition coefficient (Wildman–Crippen LogP) is 2.81. The molecule has 0 bridgehead atoms. The number of alkyl halides is 3. The minimum absolute atomic E-state index is 0.118. The van der Waals surface area contributed by atoms with Crippen LogP contribution in [-0.4, -0.2) is 96.6 Å². The Labute approximate surface area is 225 Å². The van der Waals surface area contributed by atoms with Crippen LogP contribution in [0.5, 0.6) is 17.5 Å². The summed E-state index contributed by atoms with van der Waals surface area (Å²) in [6, 6.07) is 3.61. The van der Waals surface area contributed by atoms with Gasteiger partial charge in [-0.2, -0.15) is 9.97 Å². The van der Waals surface area contributed by atoms with Crippen molar-refractivity contribution < 1.29 is 32.5 Å². The van der Waals surface area contributed by atoms with E-state index in [9.17, 15) is 23.1 Å². The van der Waals surface area contributed by atoms with Gasteiger partial charge in [0.15, 0.2) is 0 Å². The number of halogens is 3. The highest BCUT2D eigenvalue weighted by atomic mass is 19.4. The third kappa shape index (κ3) is 7.02. The quantitative estimate of drug-likeness (QED) is 0.498. The number of carbonyl (C=O) groups excluding carboxylic acids is 1. The van der Waals surface area contributed by atoms with Crippen LogP contribution in [0.2, 0.25) is 0 Å². The van der Waals surface area contributed by atoms with E-state index >= 15 is 0 Å². The molecule has 1 atom stereocenters. The van der Waals surface area contributed by atoms with Crippen LogP contribution in [0.3, 0.4) is 0 Å². The van der Waals surface area contributed by atoms with Crippen LogP contribution in [0.1, 0.15) is 18.2 Å². The Hall–Kier alpha value is -3.74. The lowest BCUT2D eigenvalue weighted by Crippen LogP contribution is -2.49. The van der Waals surface area contributed by atoms with E-state index in [1.807, 2.05) is 25.9 Å². The highest BCUT2D eigenvalue weighted by Crippen LogP contribution is 2.37. The number of rotatable bonds is 8. The second-order valence-corrected chi connectivity index (χ2v) is 9.83. The number of carbonyl (C=O) groups is 1. The molecule has 1 saturated heterocycles. The van der Waals surface area contributed by atoms with Gasteiger partial charge >= 0.3 is 12.4 Å². The van der Waals surface area contributed by atoms with Crippen molar-refractivity contribution in [1.29, 1.82) is 0 Å². The SMILES string of the molecule is C=CC(=O)N1CCN(c2nc(O[C@H](C)CN(C)C)nc3c2CCN(c2cc(OC(F)(F)F)ccc2O)C3)CC1. The van der Waals surface area contributed by atoms with Gasteiger partial charge in [0.1, 0.15) is 23.4 Å². The Morgan fingerprint density at radius 1 is 1.18 bits per heavy atom. The van der Waals surface area contributed by atoms with Crippen molar-refractivity contribution in [3.8, 4) is 17.5 Å². The number of aromatic hydroxyl groups is 1. The minimum atomic E-state index is -4.85. The van der Waals surface area contributed by atoms with E-state index < -0.39 is 12.1 Å². The fourth-order valence-electron chi connectivity index (χ4n) is 4.86. The number of phenolic OH excluding ortho intramolecular Hbond substituents is 1. The molecule has 1 fully saturated rings. The van der Waals surface area contributed by atoms with Crippen molar-refractivity contribution in [1.82, 2.24) is 19.8 Å². The smallest absolute Gasteiger partial charge is 0.506 e. The van der Waals surface area contributed by atoms with Crippen molar-refractivity contribution in [3.05, 3.63) is 42.1 Å². The van der Waals surface area contributed by atoms with Gasteiger partial charge in [-0.15, -0.1) is 13.2 Å². The first-order valence-corrected chi connectivity index (χ1v) is 12.6. The summed E-state index contributed by atoms with van der Waals surface area (Å²) in [5, 5.41) is 10.5. The topological polar surface area (TPSA) is 94.5 Å². The van der Waals surface area contributed by atoms with Gasteiger partial charge in [0.25, 0.3) is 0 Å². The van der Waals surface area contributed by atoms with Gasteiger partial charge in [-0.3, -0.25) is 4.79 Å². The van der Waals surface area contributed by atoms with E-state index in [4.69, 9.17) is 9.72 Å². The summed E-state index contributed by atoms with van der Waals surface area (Å²) in [4.78, 5) is 29.0. The molecule has 39 heavy (non-hydrogen) atoms. The summed E-state index contributed by atoms with van der Waals surface area (Å²) in [6.45, 7) is 8.92. The van der Waals surface area contributed by atoms with Crippen LogP contribution in [0.4, 0.5) is 24.7 Å². The number of aromatic nitrogens is 2. The molecule has 0 radical (unpaired) electrons. The molecule has 13 heteroatoms. The number of hydrogen-bond acceptors (Lipinski definition) is 9. The lowest BCUT2D eigenvalue weighted by molar-refractivity contribution is -0.274. The van der Waals surface area contributed by atoms with E-state index in [-0.39, 0.29) is 36.0 Å². The molecule has 1 N–H and O–H groups in total. The van der Waals surface area contributed by atoms with Gasteiger partial charge in [-0.1, -0.05) is 6.58 Å². The molecule has 2 aromatic rings. The Kier molecular flexibility index (Phi) is 8.38. The molecule has 0 saturated carbocycles. The first-order valence-electron chi connectivity index (χ1n) is 12.6. The van der Waals surface area contributed by atoms with Gasteiger partial charge in [0.2, 0.25) is 5.91 Å². The second kappa shape index (κ2) is 11.6. The molecular weight excluding hydrogens is 517 g/mol. The Balaban J connectivity index is 1.64. The summed E-state index contributed by atoms with van der Waals surface area (Å²) in [5.41, 5.74) is 1.77. The van der Waals surface area contributed by atoms with Crippen molar-refractivity contribution in [3.63, 3.8) is 0 Å². The number of piperazine rings is 1. The van der Waals surface area contributed by atoms with Gasteiger partial charge in [-0.25, -0.2) is 0 Å². The standard InChI is InChI=1S/C26H33F3N6O4/c1-5-23(37)33-10-12-34(13-11-33)24-19-8-9-35(21-14-18(6-7-22(21)36)39-26(27,28)29)16-20(19)30-25(31-24)38-17(2)15-32(3)4/h5-7,14,17,36H,1,8-13,15-16H2,2-4H3/t17-/m1/s1. The molecule has 212 valence electrons. The van der Waals surface area contributed by atoms with Gasteiger partial charge in [0.05, 0.1) is 17.9 Å². The highest BCUT2D eigenvalue weighted by molar-refractivity contribution is 5.87. The Morgan fingerprint density at radius 2 is 1.90 bits per heavy atom. The van der Waals surface area contributed by atoms with Crippen molar-refractivity contribution in [2.75, 3.05) is 63.2 Å². The van der Waals surface area contributed by atoms with E-state index in [1.165, 1.54) is 18.2 Å². The second-order valence-electron chi connectivity index (χ2n) is 9.83. The van der Waals surface area contributed by atoms with E-state index in [2.05, 4.69) is 21.2 Å². The molecule has 2 aliphatic rings. The number of likely N-dealkylation sites (N-methyl/N-ethyl adjacent to an activating group) is 1. The summed E-state index contributed by atoms with van der Waals surface area (Å²) < 4.78 is 48.5. The lowest BCUT2D eigenvalue weighted by atomic mass is 10.0. The number of fused-ring (bicyclic) bond motifs is 1. The number of hydrogen-bond donors (Lipinski definition) is 1. The van der Waals surface area contributed by atoms with Crippen molar-refractivity contribution in [2.24, 2.45) is 0 Å². The molecule has 10 nitrogen and oxygen atoms in total. The molecule has 2 aliphatic heterocycles. The Bertz CT molecular complexity index is 1200. The molecule has 3 heterocycles. The normalized spacial score (nSPS) is 16.6. The lowest BCUT2D eigenvalue weighted by Gasteiger charge is -2.38. The number of nitrogens with zero attached hydrogens (tertiary/aromatic N) is 6. The van der Waals surface area contributed by atoms with Gasteiger partial charge in [-0.05, 0) is 45.6 Å². The van der Waals surface area contributed by atoms with Crippen LogP contribution in [0, 0.1) is 0 Å². The molecule has 0 aliphatic carbocycles. The average molecular weight is 551 g/mol. The van der Waals surface area contributed by atoms with Crippen LogP contribution in [0.25, 0.3) is 0 Å². The number of ether oxygens (including phenoxy) is 2. The summed E-state index contributed by atoms with van der Waals surface area (Å²) in [5.74, 6) is 0.0168. The molecule has 1 aromatic carbocycles. The van der Waals surface area contributed by atoms with Crippen LogP contribution >= 0.6 is 0 Å². The van der Waals surface area contributed by atoms with E-state index in [0.29, 0.717) is 51.4 Å². The monoisotopic (exact) mass is 550 g/mol. The highest BCUT2D eigenvalue weighted by Gasteiger charge is 2.33. The fourth-order valence-corrected chi connectivity index (χ4v) is 4.86. The van der Waals surface area contributed by atoms with Crippen LogP contribution < -0.4 is 19.3 Å². The number of anilines is 2. The first-order chi connectivity index (χ1) is 18.4. The van der Waals surface area contributed by atoms with Crippen LogP contribution in [0.15, 0.2) is 30.9 Å². The molecule has 1 aromatic heterocycles. The third-order valence-corrected chi connectivity index (χ3v) is 6.54. The largest absolute Gasteiger partial charge is 0.573 e. The third-order valence-electron chi connectivity index (χ3n) is 6.54. The molecule has 1 amide bonds. The summed E-state index contributed by atoms with van der Waals surface area (Å²) in [6.07, 6.45) is -3.25. The molecular formula is C26H33F3N6O4. The maximum absolute atomic E-state index is 12.8. The van der Waals surface area contributed by atoms with Crippen molar-refractivity contribution in [2.45, 2.75) is 32.4 Å². The van der Waals surface area contributed by atoms with Crippen LogP contribution in [-0.2, 0) is 17.8 Å². The van der Waals surface area contributed by atoms with E-state index in [0.717, 1.165) is 17.4 Å². The number of phenols is 1. The Morgan fingerprint density at radius 3 is 2.54 bits per heavy atom. The first kappa shape index (κ1) is 28.3. The fraction of sp³-hybridized carbons (Fsp3) is 0.500. The number of amides is 1. The van der Waals surface area contributed by atoms with Gasteiger partial charge in [0, 0.05) is 50.9 Å². The zero-order chi connectivity index (χ0) is 28.3.